The molecule has 1 saturated heterocycles. The largest absolute Gasteiger partial charge is 0.494 e. The molecule has 0 aromatic heterocycles. The van der Waals surface area contributed by atoms with Crippen LogP contribution in [0.15, 0.2) is 18.2 Å². The molecule has 1 aromatic carbocycles. The lowest BCUT2D eigenvalue weighted by atomic mass is 10.1. The number of ether oxygens (including phenoxy) is 1. The zero-order valence-corrected chi connectivity index (χ0v) is 13.6. The van der Waals surface area contributed by atoms with Crippen LogP contribution in [0, 0.1) is 5.82 Å². The van der Waals surface area contributed by atoms with Gasteiger partial charge in [-0.25, -0.2) is 4.39 Å². The van der Waals surface area contributed by atoms with Crippen LogP contribution < -0.4 is 10.1 Å². The second kappa shape index (κ2) is 8.84. The molecule has 6 heteroatoms. The van der Waals surface area contributed by atoms with Crippen LogP contribution >= 0.6 is 0 Å². The molecule has 0 radical (unpaired) electrons. The van der Waals surface area contributed by atoms with Crippen molar-refractivity contribution in [1.29, 1.82) is 0 Å². The van der Waals surface area contributed by atoms with Gasteiger partial charge in [-0.3, -0.25) is 4.79 Å². The van der Waals surface area contributed by atoms with Crippen molar-refractivity contribution in [2.75, 3.05) is 33.3 Å². The standard InChI is InChI=1S/C17H25FN2O3/c1-23-16-4-3-13(11-15(16)18)12-17(22)19-7-2-8-20-9-5-14(21)6-10-20/h3-4,11,14,21H,2,5-10,12H2,1H3,(H,19,22). The first-order valence-corrected chi connectivity index (χ1v) is 8.08. The average molecular weight is 324 g/mol. The number of aliphatic hydroxyl groups excluding tert-OH is 1. The normalized spacial score (nSPS) is 16.3. The number of piperidine rings is 1. The first kappa shape index (κ1) is 17.7. The van der Waals surface area contributed by atoms with Gasteiger partial charge in [0.2, 0.25) is 5.91 Å². The van der Waals surface area contributed by atoms with E-state index in [1.54, 1.807) is 6.07 Å². The molecule has 1 fully saturated rings. The van der Waals surface area contributed by atoms with Crippen LogP contribution in [0.5, 0.6) is 5.75 Å². The number of methoxy groups -OCH3 is 1. The van der Waals surface area contributed by atoms with Crippen molar-refractivity contribution in [3.63, 3.8) is 0 Å². The maximum Gasteiger partial charge on any atom is 0.224 e. The smallest absolute Gasteiger partial charge is 0.224 e. The van der Waals surface area contributed by atoms with E-state index in [1.807, 2.05) is 0 Å². The van der Waals surface area contributed by atoms with Gasteiger partial charge in [-0.15, -0.1) is 0 Å². The van der Waals surface area contributed by atoms with E-state index in [9.17, 15) is 14.3 Å². The van der Waals surface area contributed by atoms with Crippen molar-refractivity contribution in [2.24, 2.45) is 0 Å². The minimum absolute atomic E-state index is 0.108. The van der Waals surface area contributed by atoms with Crippen molar-refractivity contribution >= 4 is 5.91 Å². The van der Waals surface area contributed by atoms with Gasteiger partial charge in [-0.05, 0) is 43.5 Å². The fourth-order valence-electron chi connectivity index (χ4n) is 2.74. The van der Waals surface area contributed by atoms with Crippen LogP contribution in [0.25, 0.3) is 0 Å². The molecule has 2 rings (SSSR count). The van der Waals surface area contributed by atoms with Crippen molar-refractivity contribution in [1.82, 2.24) is 10.2 Å². The Kier molecular flexibility index (Phi) is 6.80. The van der Waals surface area contributed by atoms with Crippen LogP contribution in [0.2, 0.25) is 0 Å². The van der Waals surface area contributed by atoms with Gasteiger partial charge in [0.1, 0.15) is 0 Å². The predicted octanol–water partition coefficient (Wildman–Crippen LogP) is 1.34. The van der Waals surface area contributed by atoms with Gasteiger partial charge in [0.15, 0.2) is 11.6 Å². The SMILES string of the molecule is COc1ccc(CC(=O)NCCCN2CCC(O)CC2)cc1F. The third-order valence-electron chi connectivity index (χ3n) is 4.11. The summed E-state index contributed by atoms with van der Waals surface area (Å²) in [5.74, 6) is -0.380. The number of nitrogens with zero attached hydrogens (tertiary/aromatic N) is 1. The molecule has 1 amide bonds. The highest BCUT2D eigenvalue weighted by atomic mass is 19.1. The number of nitrogens with one attached hydrogen (secondary N) is 1. The van der Waals surface area contributed by atoms with Crippen molar-refractivity contribution < 1.29 is 19.0 Å². The molecular formula is C17H25FN2O3. The topological polar surface area (TPSA) is 61.8 Å². The maximum absolute atomic E-state index is 13.6. The highest BCUT2D eigenvalue weighted by molar-refractivity contribution is 5.78. The molecule has 0 atom stereocenters. The third-order valence-corrected chi connectivity index (χ3v) is 4.11. The Labute approximate surface area is 136 Å². The predicted molar refractivity (Wildman–Crippen MR) is 86.0 cm³/mol. The Balaban J connectivity index is 1.64. The summed E-state index contributed by atoms with van der Waals surface area (Å²) in [4.78, 5) is 14.2. The molecule has 1 aliphatic rings. The summed E-state index contributed by atoms with van der Waals surface area (Å²) >= 11 is 0. The van der Waals surface area contributed by atoms with Gasteiger partial charge in [0.25, 0.3) is 0 Å². The van der Waals surface area contributed by atoms with E-state index in [0.717, 1.165) is 38.9 Å². The van der Waals surface area contributed by atoms with Crippen molar-refractivity contribution in [2.45, 2.75) is 31.8 Å². The molecule has 1 aliphatic heterocycles. The Morgan fingerprint density at radius 3 is 2.83 bits per heavy atom. The van der Waals surface area contributed by atoms with Gasteiger partial charge in [-0.1, -0.05) is 6.07 Å². The summed E-state index contributed by atoms with van der Waals surface area (Å²) in [6.45, 7) is 3.36. The van der Waals surface area contributed by atoms with E-state index in [2.05, 4.69) is 10.2 Å². The molecule has 0 unspecified atom stereocenters. The van der Waals surface area contributed by atoms with Crippen molar-refractivity contribution in [3.05, 3.63) is 29.6 Å². The van der Waals surface area contributed by atoms with E-state index >= 15 is 0 Å². The quantitative estimate of drug-likeness (QED) is 0.743. The summed E-state index contributed by atoms with van der Waals surface area (Å²) in [5.41, 5.74) is 0.630. The average Bonchev–Trinajstić information content (AvgIpc) is 2.53. The monoisotopic (exact) mass is 324 g/mol. The van der Waals surface area contributed by atoms with E-state index in [-0.39, 0.29) is 24.2 Å². The molecule has 0 aliphatic carbocycles. The lowest BCUT2D eigenvalue weighted by Gasteiger charge is -2.29. The summed E-state index contributed by atoms with van der Waals surface area (Å²) in [6, 6.07) is 4.56. The molecule has 0 spiro atoms. The highest BCUT2D eigenvalue weighted by Crippen LogP contribution is 2.17. The summed E-state index contributed by atoms with van der Waals surface area (Å²) in [6.07, 6.45) is 2.54. The zero-order chi connectivity index (χ0) is 16.7. The molecular weight excluding hydrogens is 299 g/mol. The number of hydrogen-bond acceptors (Lipinski definition) is 4. The molecule has 0 saturated carbocycles. The molecule has 2 N–H and O–H groups in total. The number of amides is 1. The Bertz CT molecular complexity index is 517. The fraction of sp³-hybridized carbons (Fsp3) is 0.588. The summed E-state index contributed by atoms with van der Waals surface area (Å²) < 4.78 is 18.4. The Morgan fingerprint density at radius 2 is 2.17 bits per heavy atom. The third kappa shape index (κ3) is 5.80. The van der Waals surface area contributed by atoms with Crippen LogP contribution in [-0.4, -0.2) is 55.3 Å². The minimum Gasteiger partial charge on any atom is -0.494 e. The van der Waals surface area contributed by atoms with Crippen LogP contribution in [0.3, 0.4) is 0 Å². The number of carbonyl (C=O) groups is 1. The van der Waals surface area contributed by atoms with E-state index in [0.29, 0.717) is 12.1 Å². The van der Waals surface area contributed by atoms with E-state index in [4.69, 9.17) is 4.74 Å². The molecule has 0 bridgehead atoms. The lowest BCUT2D eigenvalue weighted by Crippen LogP contribution is -2.37. The molecule has 5 nitrogen and oxygen atoms in total. The number of rotatable bonds is 7. The second-order valence-electron chi connectivity index (χ2n) is 5.92. The first-order chi connectivity index (χ1) is 11.1. The van der Waals surface area contributed by atoms with E-state index in [1.165, 1.54) is 19.2 Å². The van der Waals surface area contributed by atoms with Crippen LogP contribution in [0.4, 0.5) is 4.39 Å². The van der Waals surface area contributed by atoms with Crippen LogP contribution in [-0.2, 0) is 11.2 Å². The number of carbonyl (C=O) groups excluding carboxylic acids is 1. The number of hydrogen-bond donors (Lipinski definition) is 2. The first-order valence-electron chi connectivity index (χ1n) is 8.08. The Morgan fingerprint density at radius 1 is 1.43 bits per heavy atom. The van der Waals surface area contributed by atoms with Gasteiger partial charge in [-0.2, -0.15) is 0 Å². The van der Waals surface area contributed by atoms with Gasteiger partial charge < -0.3 is 20.1 Å². The van der Waals surface area contributed by atoms with Gasteiger partial charge in [0, 0.05) is 19.6 Å². The number of aliphatic hydroxyl groups is 1. The maximum atomic E-state index is 13.6. The molecule has 23 heavy (non-hydrogen) atoms. The highest BCUT2D eigenvalue weighted by Gasteiger charge is 2.16. The minimum atomic E-state index is -0.454. The summed E-state index contributed by atoms with van der Waals surface area (Å²) in [5, 5.41) is 12.3. The van der Waals surface area contributed by atoms with Gasteiger partial charge in [0.05, 0.1) is 19.6 Å². The summed E-state index contributed by atoms with van der Waals surface area (Å²) in [7, 11) is 1.41. The molecule has 1 aromatic rings. The number of halogens is 1. The zero-order valence-electron chi connectivity index (χ0n) is 13.6. The molecule has 128 valence electrons. The second-order valence-corrected chi connectivity index (χ2v) is 5.92. The Hall–Kier alpha value is -1.66. The molecule has 1 heterocycles. The number of likely N-dealkylation sites (tertiary alicyclic amines) is 1. The lowest BCUT2D eigenvalue weighted by molar-refractivity contribution is -0.120. The fourth-order valence-corrected chi connectivity index (χ4v) is 2.74. The van der Waals surface area contributed by atoms with E-state index < -0.39 is 5.82 Å². The van der Waals surface area contributed by atoms with Crippen LogP contribution in [0.1, 0.15) is 24.8 Å². The number of benzene rings is 1. The van der Waals surface area contributed by atoms with Crippen molar-refractivity contribution in [3.8, 4) is 5.75 Å². The van der Waals surface area contributed by atoms with Gasteiger partial charge >= 0.3 is 0 Å².